The van der Waals surface area contributed by atoms with E-state index in [9.17, 15) is 14.9 Å². The predicted octanol–water partition coefficient (Wildman–Crippen LogP) is 1.19. The predicted molar refractivity (Wildman–Crippen MR) is 97.0 cm³/mol. The molecule has 0 radical (unpaired) electrons. The van der Waals surface area contributed by atoms with Gasteiger partial charge in [0.25, 0.3) is 5.56 Å². The third-order valence-electron chi connectivity index (χ3n) is 4.94. The lowest BCUT2D eigenvalue weighted by atomic mass is 10.1. The Balaban J connectivity index is 1.92. The van der Waals surface area contributed by atoms with Crippen LogP contribution in [0.25, 0.3) is 0 Å². The van der Waals surface area contributed by atoms with E-state index in [1.165, 1.54) is 18.0 Å². The standard InChI is InChI=1S/C18H23N5O3/c1-21-16(13(11-19)17(24)22(2)18(21)25)20-12-14(15-7-6-10-26-15)23-8-4-3-5-9-23/h6-7,10,14,20H,3-5,8-9,12H2,1-2H3/t14-/m1/s1. The Morgan fingerprint density at radius 2 is 1.96 bits per heavy atom. The van der Waals surface area contributed by atoms with Crippen LogP contribution in [0.2, 0.25) is 0 Å². The second-order valence-electron chi connectivity index (χ2n) is 6.55. The Hall–Kier alpha value is -2.79. The van der Waals surface area contributed by atoms with Crippen molar-refractivity contribution in [1.29, 1.82) is 5.26 Å². The molecule has 3 heterocycles. The van der Waals surface area contributed by atoms with Crippen LogP contribution in [0.1, 0.15) is 36.6 Å². The first kappa shape index (κ1) is 18.0. The fraction of sp³-hybridized carbons (Fsp3) is 0.500. The van der Waals surface area contributed by atoms with E-state index in [0.717, 1.165) is 36.3 Å². The van der Waals surface area contributed by atoms with Crippen molar-refractivity contribution < 1.29 is 4.42 Å². The number of likely N-dealkylation sites (tertiary alicyclic amines) is 1. The highest BCUT2D eigenvalue weighted by Gasteiger charge is 2.25. The van der Waals surface area contributed by atoms with Crippen molar-refractivity contribution in [2.45, 2.75) is 25.3 Å². The number of anilines is 1. The number of nitriles is 1. The van der Waals surface area contributed by atoms with E-state index in [1.54, 1.807) is 13.3 Å². The molecule has 1 N–H and O–H groups in total. The van der Waals surface area contributed by atoms with Crippen molar-refractivity contribution >= 4 is 5.82 Å². The van der Waals surface area contributed by atoms with Crippen LogP contribution >= 0.6 is 0 Å². The number of hydrogen-bond acceptors (Lipinski definition) is 6. The second-order valence-corrected chi connectivity index (χ2v) is 6.55. The zero-order chi connectivity index (χ0) is 18.7. The number of nitrogens with zero attached hydrogens (tertiary/aromatic N) is 4. The van der Waals surface area contributed by atoms with Crippen molar-refractivity contribution in [2.75, 3.05) is 25.0 Å². The molecule has 0 spiro atoms. The van der Waals surface area contributed by atoms with E-state index in [4.69, 9.17) is 4.42 Å². The summed E-state index contributed by atoms with van der Waals surface area (Å²) in [5.74, 6) is 1.07. The number of rotatable bonds is 5. The zero-order valence-corrected chi connectivity index (χ0v) is 15.1. The first-order chi connectivity index (χ1) is 12.5. The van der Waals surface area contributed by atoms with E-state index < -0.39 is 11.2 Å². The van der Waals surface area contributed by atoms with Gasteiger partial charge in [0.1, 0.15) is 17.6 Å². The first-order valence-electron chi connectivity index (χ1n) is 8.76. The monoisotopic (exact) mass is 357 g/mol. The SMILES string of the molecule is Cn1c(NC[C@H](c2ccco2)N2CCCCC2)c(C#N)c(=O)n(C)c1=O. The van der Waals surface area contributed by atoms with Crippen molar-refractivity contribution in [3.63, 3.8) is 0 Å². The lowest BCUT2D eigenvalue weighted by Crippen LogP contribution is -2.41. The Morgan fingerprint density at radius 1 is 1.23 bits per heavy atom. The largest absolute Gasteiger partial charge is 0.468 e. The Morgan fingerprint density at radius 3 is 2.58 bits per heavy atom. The molecular formula is C18H23N5O3. The van der Waals surface area contributed by atoms with Crippen LogP contribution in [0.15, 0.2) is 32.4 Å². The van der Waals surface area contributed by atoms with Gasteiger partial charge in [0.05, 0.1) is 12.3 Å². The van der Waals surface area contributed by atoms with Crippen LogP contribution in [-0.2, 0) is 14.1 Å². The molecule has 0 unspecified atom stereocenters. The summed E-state index contributed by atoms with van der Waals surface area (Å²) in [6.07, 6.45) is 5.12. The third-order valence-corrected chi connectivity index (χ3v) is 4.94. The molecule has 1 saturated heterocycles. The third kappa shape index (κ3) is 3.30. The number of aromatic nitrogens is 2. The quantitative estimate of drug-likeness (QED) is 0.863. The summed E-state index contributed by atoms with van der Waals surface area (Å²) in [5, 5.41) is 12.5. The van der Waals surface area contributed by atoms with Gasteiger partial charge in [-0.2, -0.15) is 5.26 Å². The summed E-state index contributed by atoms with van der Waals surface area (Å²) in [6, 6.07) is 5.66. The summed E-state index contributed by atoms with van der Waals surface area (Å²) in [4.78, 5) is 26.8. The van der Waals surface area contributed by atoms with E-state index in [2.05, 4.69) is 10.2 Å². The minimum Gasteiger partial charge on any atom is -0.468 e. The van der Waals surface area contributed by atoms with Gasteiger partial charge in [-0.1, -0.05) is 6.42 Å². The summed E-state index contributed by atoms with van der Waals surface area (Å²) in [6.45, 7) is 2.37. The molecule has 8 nitrogen and oxygen atoms in total. The Labute approximate surface area is 151 Å². The number of nitrogens with one attached hydrogen (secondary N) is 1. The van der Waals surface area contributed by atoms with Crippen LogP contribution in [-0.4, -0.2) is 33.7 Å². The smallest absolute Gasteiger partial charge is 0.332 e. The second kappa shape index (κ2) is 7.62. The lowest BCUT2D eigenvalue weighted by molar-refractivity contribution is 0.152. The molecule has 0 saturated carbocycles. The molecule has 1 aliphatic rings. The van der Waals surface area contributed by atoms with Crippen LogP contribution in [0.3, 0.4) is 0 Å². The first-order valence-corrected chi connectivity index (χ1v) is 8.76. The fourth-order valence-electron chi connectivity index (χ4n) is 3.47. The van der Waals surface area contributed by atoms with Crippen molar-refractivity contribution in [3.8, 4) is 6.07 Å². The van der Waals surface area contributed by atoms with Crippen LogP contribution < -0.4 is 16.6 Å². The molecule has 1 atom stereocenters. The van der Waals surface area contributed by atoms with Crippen molar-refractivity contribution in [3.05, 3.63) is 50.6 Å². The van der Waals surface area contributed by atoms with Gasteiger partial charge in [0, 0.05) is 20.6 Å². The summed E-state index contributed by atoms with van der Waals surface area (Å²) < 4.78 is 7.85. The highest BCUT2D eigenvalue weighted by atomic mass is 16.3. The normalized spacial score (nSPS) is 16.2. The molecule has 26 heavy (non-hydrogen) atoms. The van der Waals surface area contributed by atoms with E-state index >= 15 is 0 Å². The van der Waals surface area contributed by atoms with Gasteiger partial charge in [-0.15, -0.1) is 0 Å². The number of hydrogen-bond donors (Lipinski definition) is 1. The highest BCUT2D eigenvalue weighted by molar-refractivity contribution is 5.51. The Kier molecular flexibility index (Phi) is 5.28. The maximum absolute atomic E-state index is 12.2. The molecule has 1 aliphatic heterocycles. The average molecular weight is 357 g/mol. The maximum Gasteiger partial charge on any atom is 0.332 e. The van der Waals surface area contributed by atoms with Crippen LogP contribution in [0, 0.1) is 11.3 Å². The van der Waals surface area contributed by atoms with E-state index in [0.29, 0.717) is 6.54 Å². The molecular weight excluding hydrogens is 334 g/mol. The molecule has 2 aromatic rings. The number of piperidine rings is 1. The molecule has 1 fully saturated rings. The topological polar surface area (TPSA) is 96.2 Å². The summed E-state index contributed by atoms with van der Waals surface area (Å²) in [5.41, 5.74) is -1.12. The molecule has 3 rings (SSSR count). The number of furan rings is 1. The molecule has 138 valence electrons. The lowest BCUT2D eigenvalue weighted by Gasteiger charge is -2.33. The Bertz CT molecular complexity index is 914. The summed E-state index contributed by atoms with van der Waals surface area (Å²) in [7, 11) is 2.92. The molecule has 8 heteroatoms. The average Bonchev–Trinajstić information content (AvgIpc) is 3.19. The summed E-state index contributed by atoms with van der Waals surface area (Å²) >= 11 is 0. The molecule has 2 aromatic heterocycles. The van der Waals surface area contributed by atoms with E-state index in [-0.39, 0.29) is 17.4 Å². The van der Waals surface area contributed by atoms with Gasteiger partial charge in [0.2, 0.25) is 0 Å². The van der Waals surface area contributed by atoms with Crippen LogP contribution in [0.5, 0.6) is 0 Å². The van der Waals surface area contributed by atoms with Gasteiger partial charge in [-0.05, 0) is 38.1 Å². The van der Waals surface area contributed by atoms with E-state index in [1.807, 2.05) is 18.2 Å². The zero-order valence-electron chi connectivity index (χ0n) is 15.1. The van der Waals surface area contributed by atoms with Gasteiger partial charge >= 0.3 is 5.69 Å². The minimum absolute atomic E-state index is 0.0315. The molecule has 0 amide bonds. The van der Waals surface area contributed by atoms with Gasteiger partial charge in [-0.3, -0.25) is 18.8 Å². The van der Waals surface area contributed by atoms with Gasteiger partial charge in [-0.25, -0.2) is 4.79 Å². The fourth-order valence-corrected chi connectivity index (χ4v) is 3.47. The van der Waals surface area contributed by atoms with Gasteiger partial charge in [0.15, 0.2) is 5.56 Å². The molecule has 0 aromatic carbocycles. The molecule has 0 aliphatic carbocycles. The highest BCUT2D eigenvalue weighted by Crippen LogP contribution is 2.25. The minimum atomic E-state index is -0.592. The van der Waals surface area contributed by atoms with Gasteiger partial charge < -0.3 is 9.73 Å². The van der Waals surface area contributed by atoms with Crippen molar-refractivity contribution in [2.24, 2.45) is 14.1 Å². The maximum atomic E-state index is 12.2. The van der Waals surface area contributed by atoms with Crippen LogP contribution in [0.4, 0.5) is 5.82 Å². The van der Waals surface area contributed by atoms with Crippen molar-refractivity contribution in [1.82, 2.24) is 14.0 Å². The molecule has 0 bridgehead atoms.